The molecule has 0 radical (unpaired) electrons. The molecule has 0 bridgehead atoms. The van der Waals surface area contributed by atoms with Gasteiger partial charge in [-0.2, -0.15) is 0 Å². The first kappa shape index (κ1) is 16.1. The van der Waals surface area contributed by atoms with Gasteiger partial charge in [-0.25, -0.2) is 9.48 Å². The summed E-state index contributed by atoms with van der Waals surface area (Å²) in [5, 5.41) is 13.9. The number of hydrogen-bond donors (Lipinski definition) is 2. The lowest BCUT2D eigenvalue weighted by Crippen LogP contribution is -2.44. The molecule has 1 saturated heterocycles. The fourth-order valence-corrected chi connectivity index (χ4v) is 3.30. The summed E-state index contributed by atoms with van der Waals surface area (Å²) >= 11 is 0. The van der Waals surface area contributed by atoms with Crippen LogP contribution in [0.4, 0.5) is 10.6 Å². The van der Waals surface area contributed by atoms with Crippen LogP contribution in [-0.4, -0.2) is 39.8 Å². The van der Waals surface area contributed by atoms with Crippen LogP contribution in [0.3, 0.4) is 0 Å². The van der Waals surface area contributed by atoms with Gasteiger partial charge < -0.3 is 10.1 Å². The number of urea groups is 1. The second-order valence-electron chi connectivity index (χ2n) is 6.85. The quantitative estimate of drug-likeness (QED) is 0.875. The number of benzene rings is 1. The van der Waals surface area contributed by atoms with Gasteiger partial charge in [0, 0.05) is 12.6 Å². The van der Waals surface area contributed by atoms with E-state index in [1.807, 2.05) is 30.3 Å². The van der Waals surface area contributed by atoms with Crippen molar-refractivity contribution in [3.05, 3.63) is 42.1 Å². The zero-order valence-electron chi connectivity index (χ0n) is 14.1. The van der Waals surface area contributed by atoms with Gasteiger partial charge in [-0.1, -0.05) is 35.5 Å². The van der Waals surface area contributed by atoms with Crippen LogP contribution in [0, 0.1) is 5.92 Å². The largest absolute Gasteiger partial charge is 0.378 e. The van der Waals surface area contributed by atoms with E-state index in [0.29, 0.717) is 24.4 Å². The van der Waals surface area contributed by atoms with Crippen LogP contribution >= 0.6 is 0 Å². The normalized spacial score (nSPS) is 23.2. The van der Waals surface area contributed by atoms with Gasteiger partial charge in [0.1, 0.15) is 0 Å². The van der Waals surface area contributed by atoms with Crippen LogP contribution in [0.1, 0.15) is 31.2 Å². The molecular formula is C18H23N5O2. The Morgan fingerprint density at radius 2 is 2.08 bits per heavy atom. The molecule has 2 N–H and O–H groups in total. The van der Waals surface area contributed by atoms with Gasteiger partial charge in [0.05, 0.1) is 18.8 Å². The molecule has 2 fully saturated rings. The molecule has 1 aromatic carbocycles. The Hall–Kier alpha value is -2.41. The minimum atomic E-state index is -0.229. The molecule has 7 heteroatoms. The number of nitrogens with one attached hydrogen (secondary N) is 2. The molecule has 1 saturated carbocycles. The van der Waals surface area contributed by atoms with E-state index in [1.165, 1.54) is 12.8 Å². The number of nitrogens with zero attached hydrogens (tertiary/aromatic N) is 3. The summed E-state index contributed by atoms with van der Waals surface area (Å²) in [6.45, 7) is 1.35. The summed E-state index contributed by atoms with van der Waals surface area (Å²) in [6, 6.07) is 9.95. The Bertz CT molecular complexity index is 713. The zero-order valence-corrected chi connectivity index (χ0v) is 14.1. The molecule has 7 nitrogen and oxygen atoms in total. The van der Waals surface area contributed by atoms with E-state index in [1.54, 1.807) is 10.9 Å². The minimum absolute atomic E-state index is 0.165. The first-order chi connectivity index (χ1) is 12.3. The Balaban J connectivity index is 1.27. The van der Waals surface area contributed by atoms with E-state index in [4.69, 9.17) is 4.74 Å². The lowest BCUT2D eigenvalue weighted by atomic mass is 10.0. The number of carbonyl (C=O) groups is 1. The maximum Gasteiger partial charge on any atom is 0.320 e. The maximum absolute atomic E-state index is 12.2. The maximum atomic E-state index is 12.2. The predicted molar refractivity (Wildman–Crippen MR) is 93.2 cm³/mol. The summed E-state index contributed by atoms with van der Waals surface area (Å²) in [7, 11) is 0. The molecule has 2 aliphatic rings. The molecule has 25 heavy (non-hydrogen) atoms. The summed E-state index contributed by atoms with van der Waals surface area (Å²) in [6.07, 6.45) is 6.33. The van der Waals surface area contributed by atoms with Crippen LogP contribution in [-0.2, 0) is 11.3 Å². The standard InChI is InChI=1S/C18H23N5O2/c24-18(19-15-8-9-25-16(10-15)14-6-7-14)20-17-12-23(22-21-17)11-13-4-2-1-3-5-13/h1-5,12,14-16H,6-11H2,(H2,19,20,24)/t15-,16+/m0/s1. The topological polar surface area (TPSA) is 81.1 Å². The molecule has 0 unspecified atom stereocenters. The van der Waals surface area contributed by atoms with Crippen LogP contribution in [0.5, 0.6) is 0 Å². The third-order valence-electron chi connectivity index (χ3n) is 4.77. The van der Waals surface area contributed by atoms with Gasteiger partial charge in [-0.3, -0.25) is 5.32 Å². The van der Waals surface area contributed by atoms with Crippen molar-refractivity contribution in [1.82, 2.24) is 20.3 Å². The molecule has 4 rings (SSSR count). The van der Waals surface area contributed by atoms with Crippen LogP contribution < -0.4 is 10.6 Å². The second-order valence-corrected chi connectivity index (χ2v) is 6.85. The summed E-state index contributed by atoms with van der Waals surface area (Å²) in [4.78, 5) is 12.2. The van der Waals surface area contributed by atoms with Crippen molar-refractivity contribution in [2.45, 2.75) is 44.4 Å². The Labute approximate surface area is 146 Å². The van der Waals surface area contributed by atoms with Gasteiger partial charge in [0.2, 0.25) is 0 Å². The zero-order chi connectivity index (χ0) is 17.1. The van der Waals surface area contributed by atoms with Crippen molar-refractivity contribution in [2.75, 3.05) is 11.9 Å². The molecule has 0 spiro atoms. The fraction of sp³-hybridized carbons (Fsp3) is 0.500. The van der Waals surface area contributed by atoms with Crippen LogP contribution in [0.15, 0.2) is 36.5 Å². The van der Waals surface area contributed by atoms with E-state index >= 15 is 0 Å². The lowest BCUT2D eigenvalue weighted by Gasteiger charge is -2.30. The number of carbonyl (C=O) groups excluding carboxylic acids is 1. The van der Waals surface area contributed by atoms with Gasteiger partial charge in [-0.05, 0) is 37.2 Å². The van der Waals surface area contributed by atoms with Gasteiger partial charge >= 0.3 is 6.03 Å². The average molecular weight is 341 g/mol. The highest BCUT2D eigenvalue weighted by Crippen LogP contribution is 2.38. The van der Waals surface area contributed by atoms with Gasteiger partial charge in [0.15, 0.2) is 5.82 Å². The third kappa shape index (κ3) is 4.36. The van der Waals surface area contributed by atoms with E-state index in [2.05, 4.69) is 20.9 Å². The number of amides is 2. The van der Waals surface area contributed by atoms with Gasteiger partial charge in [0.25, 0.3) is 0 Å². The van der Waals surface area contributed by atoms with Crippen LogP contribution in [0.25, 0.3) is 0 Å². The smallest absolute Gasteiger partial charge is 0.320 e. The lowest BCUT2D eigenvalue weighted by molar-refractivity contribution is -0.00889. The highest BCUT2D eigenvalue weighted by Gasteiger charge is 2.36. The van der Waals surface area contributed by atoms with E-state index in [0.717, 1.165) is 25.0 Å². The van der Waals surface area contributed by atoms with Crippen molar-refractivity contribution in [3.63, 3.8) is 0 Å². The average Bonchev–Trinajstić information content (AvgIpc) is 3.38. The molecule has 2 heterocycles. The molecule has 1 aromatic heterocycles. The highest BCUT2D eigenvalue weighted by molar-refractivity contribution is 5.88. The Morgan fingerprint density at radius 3 is 2.88 bits per heavy atom. The number of rotatable bonds is 5. The SMILES string of the molecule is O=C(Nc1cn(Cc2ccccc2)nn1)N[C@H]1CCO[C@@H](C2CC2)C1. The molecule has 2 aromatic rings. The number of aromatic nitrogens is 3. The fourth-order valence-electron chi connectivity index (χ4n) is 3.30. The third-order valence-corrected chi connectivity index (χ3v) is 4.77. The van der Waals surface area contributed by atoms with Gasteiger partial charge in [-0.15, -0.1) is 5.10 Å². The van der Waals surface area contributed by atoms with E-state index < -0.39 is 0 Å². The number of hydrogen-bond acceptors (Lipinski definition) is 4. The van der Waals surface area contributed by atoms with Crippen molar-refractivity contribution >= 4 is 11.8 Å². The molecule has 1 aliphatic carbocycles. The second kappa shape index (κ2) is 7.23. The summed E-state index contributed by atoms with van der Waals surface area (Å²) in [5.74, 6) is 1.16. The highest BCUT2D eigenvalue weighted by atomic mass is 16.5. The molecular weight excluding hydrogens is 318 g/mol. The predicted octanol–water partition coefficient (Wildman–Crippen LogP) is 2.41. The van der Waals surface area contributed by atoms with Crippen molar-refractivity contribution in [3.8, 4) is 0 Å². The van der Waals surface area contributed by atoms with E-state index in [9.17, 15) is 4.79 Å². The Morgan fingerprint density at radius 1 is 1.24 bits per heavy atom. The summed E-state index contributed by atoms with van der Waals surface area (Å²) in [5.41, 5.74) is 1.14. The van der Waals surface area contributed by atoms with E-state index in [-0.39, 0.29) is 12.1 Å². The van der Waals surface area contributed by atoms with Crippen LogP contribution in [0.2, 0.25) is 0 Å². The van der Waals surface area contributed by atoms with Crippen molar-refractivity contribution < 1.29 is 9.53 Å². The first-order valence-electron chi connectivity index (χ1n) is 8.89. The number of ether oxygens (including phenoxy) is 1. The van der Waals surface area contributed by atoms with Crippen molar-refractivity contribution in [2.24, 2.45) is 5.92 Å². The minimum Gasteiger partial charge on any atom is -0.378 e. The first-order valence-corrected chi connectivity index (χ1v) is 8.89. The summed E-state index contributed by atoms with van der Waals surface area (Å²) < 4.78 is 7.51. The number of anilines is 1. The Kier molecular flexibility index (Phi) is 4.65. The molecule has 1 aliphatic heterocycles. The molecule has 2 amide bonds. The van der Waals surface area contributed by atoms with Crippen molar-refractivity contribution in [1.29, 1.82) is 0 Å². The monoisotopic (exact) mass is 341 g/mol. The molecule has 2 atom stereocenters. The molecule has 132 valence electrons.